The molecular weight excluding hydrogens is 242 g/mol. The van der Waals surface area contributed by atoms with Gasteiger partial charge in [-0.25, -0.2) is 14.6 Å². The number of hydrogen-bond donors (Lipinski definition) is 0. The lowest BCUT2D eigenvalue weighted by Crippen LogP contribution is -2.00. The lowest BCUT2D eigenvalue weighted by Gasteiger charge is -2.04. The Morgan fingerprint density at radius 2 is 2.11 bits per heavy atom. The number of azide groups is 1. The van der Waals surface area contributed by atoms with Crippen molar-refractivity contribution in [3.8, 4) is 5.82 Å². The topological polar surface area (TPSA) is 92.4 Å². The van der Waals surface area contributed by atoms with Crippen LogP contribution in [0.4, 0.5) is 5.82 Å². The van der Waals surface area contributed by atoms with Gasteiger partial charge in [0.15, 0.2) is 11.6 Å². The van der Waals surface area contributed by atoms with Crippen molar-refractivity contribution < 1.29 is 0 Å². The van der Waals surface area contributed by atoms with Gasteiger partial charge in [-0.05, 0) is 29.2 Å². The van der Waals surface area contributed by atoms with E-state index in [0.29, 0.717) is 5.82 Å². The maximum Gasteiger partial charge on any atom is 0.182 e. The van der Waals surface area contributed by atoms with Crippen LogP contribution in [0.1, 0.15) is 5.56 Å². The Balaban J connectivity index is 2.30. The average molecular weight is 251 g/mol. The van der Waals surface area contributed by atoms with Crippen molar-refractivity contribution in [3.63, 3.8) is 0 Å². The molecule has 3 rings (SSSR count). The number of aryl methyl sites for hydroxylation is 1. The molecule has 0 N–H and O–H groups in total. The van der Waals surface area contributed by atoms with E-state index in [-0.39, 0.29) is 5.82 Å². The molecule has 0 amide bonds. The third-order valence-corrected chi connectivity index (χ3v) is 2.73. The molecule has 0 fully saturated rings. The third kappa shape index (κ3) is 1.88. The van der Waals surface area contributed by atoms with Crippen LogP contribution in [0, 0.1) is 6.92 Å². The molecule has 2 aromatic heterocycles. The van der Waals surface area contributed by atoms with Crippen LogP contribution < -0.4 is 0 Å². The van der Waals surface area contributed by atoms with E-state index in [0.717, 1.165) is 16.5 Å². The average Bonchev–Trinajstić information content (AvgIpc) is 2.82. The van der Waals surface area contributed by atoms with Crippen molar-refractivity contribution >= 4 is 16.7 Å². The van der Waals surface area contributed by atoms with Crippen LogP contribution in [0.25, 0.3) is 27.2 Å². The molecule has 7 heteroatoms. The second-order valence-electron chi connectivity index (χ2n) is 4.01. The molecule has 0 bridgehead atoms. The number of rotatable bonds is 2. The van der Waals surface area contributed by atoms with E-state index in [4.69, 9.17) is 5.53 Å². The first-order valence-electron chi connectivity index (χ1n) is 5.60. The van der Waals surface area contributed by atoms with E-state index in [9.17, 15) is 0 Å². The fraction of sp³-hybridized carbons (Fsp3) is 0.0833. The smallest absolute Gasteiger partial charge is 0.182 e. The van der Waals surface area contributed by atoms with Crippen LogP contribution >= 0.6 is 0 Å². The molecule has 92 valence electrons. The SMILES string of the molecule is Cc1ccc2cnn(-c3nccnc3N=[N+]=[N-])c2c1. The summed E-state index contributed by atoms with van der Waals surface area (Å²) < 4.78 is 1.62. The van der Waals surface area contributed by atoms with Crippen LogP contribution in [-0.4, -0.2) is 19.7 Å². The molecule has 3 aromatic rings. The molecule has 2 heterocycles. The summed E-state index contributed by atoms with van der Waals surface area (Å²) in [6.07, 6.45) is 4.75. The van der Waals surface area contributed by atoms with Gasteiger partial charge in [-0.3, -0.25) is 0 Å². The lowest BCUT2D eigenvalue weighted by atomic mass is 10.2. The monoisotopic (exact) mass is 251 g/mol. The van der Waals surface area contributed by atoms with Gasteiger partial charge in [0.25, 0.3) is 0 Å². The normalized spacial score (nSPS) is 10.4. The maximum absolute atomic E-state index is 8.56. The third-order valence-electron chi connectivity index (χ3n) is 2.73. The van der Waals surface area contributed by atoms with Crippen LogP contribution in [0.2, 0.25) is 0 Å². The summed E-state index contributed by atoms with van der Waals surface area (Å²) in [6.45, 7) is 2.00. The van der Waals surface area contributed by atoms with Crippen molar-refractivity contribution in [2.24, 2.45) is 5.11 Å². The van der Waals surface area contributed by atoms with Gasteiger partial charge in [0.1, 0.15) is 0 Å². The minimum atomic E-state index is 0.205. The number of benzene rings is 1. The highest BCUT2D eigenvalue weighted by Gasteiger charge is 2.10. The first-order valence-corrected chi connectivity index (χ1v) is 5.60. The van der Waals surface area contributed by atoms with E-state index in [1.807, 2.05) is 25.1 Å². The van der Waals surface area contributed by atoms with Crippen LogP contribution in [0.3, 0.4) is 0 Å². The minimum Gasteiger partial charge on any atom is -0.249 e. The zero-order valence-corrected chi connectivity index (χ0v) is 10.1. The van der Waals surface area contributed by atoms with Gasteiger partial charge >= 0.3 is 0 Å². The van der Waals surface area contributed by atoms with Gasteiger partial charge in [-0.1, -0.05) is 12.1 Å². The zero-order valence-electron chi connectivity index (χ0n) is 10.1. The van der Waals surface area contributed by atoms with Crippen molar-refractivity contribution in [1.82, 2.24) is 19.7 Å². The molecular formula is C12H9N7. The Morgan fingerprint density at radius 3 is 2.95 bits per heavy atom. The molecule has 0 aliphatic heterocycles. The summed E-state index contributed by atoms with van der Waals surface area (Å²) in [5.74, 6) is 0.623. The number of nitrogens with zero attached hydrogens (tertiary/aromatic N) is 7. The van der Waals surface area contributed by atoms with Gasteiger partial charge in [0.05, 0.1) is 11.7 Å². The van der Waals surface area contributed by atoms with Crippen LogP contribution in [0.5, 0.6) is 0 Å². The second kappa shape index (κ2) is 4.40. The molecule has 0 spiro atoms. The van der Waals surface area contributed by atoms with Crippen molar-refractivity contribution in [2.75, 3.05) is 0 Å². The fourth-order valence-electron chi connectivity index (χ4n) is 1.88. The predicted molar refractivity (Wildman–Crippen MR) is 70.2 cm³/mol. The van der Waals surface area contributed by atoms with E-state index >= 15 is 0 Å². The molecule has 0 radical (unpaired) electrons. The first kappa shape index (κ1) is 11.2. The molecule has 0 atom stereocenters. The number of hydrogen-bond acceptors (Lipinski definition) is 4. The Labute approximate surface area is 108 Å². The second-order valence-corrected chi connectivity index (χ2v) is 4.01. The van der Waals surface area contributed by atoms with Crippen molar-refractivity contribution in [3.05, 3.63) is 52.8 Å². The molecule has 0 saturated carbocycles. The van der Waals surface area contributed by atoms with Crippen molar-refractivity contribution in [2.45, 2.75) is 6.92 Å². The van der Waals surface area contributed by atoms with Gasteiger partial charge in [-0.2, -0.15) is 5.10 Å². The Kier molecular flexibility index (Phi) is 2.59. The molecule has 7 nitrogen and oxygen atoms in total. The summed E-state index contributed by atoms with van der Waals surface area (Å²) in [5.41, 5.74) is 10.6. The summed E-state index contributed by atoms with van der Waals surface area (Å²) in [4.78, 5) is 11.0. The van der Waals surface area contributed by atoms with E-state index in [1.54, 1.807) is 10.9 Å². The van der Waals surface area contributed by atoms with E-state index in [1.165, 1.54) is 12.4 Å². The Bertz CT molecular complexity index is 799. The maximum atomic E-state index is 8.56. The van der Waals surface area contributed by atoms with Gasteiger partial charge < -0.3 is 0 Å². The molecule has 0 saturated heterocycles. The standard InChI is InChI=1S/C12H9N7/c1-8-2-3-9-7-16-19(10(9)6-8)12-11(17-18-13)14-4-5-15-12/h2-7H,1H3. The number of aromatic nitrogens is 4. The molecule has 1 aromatic carbocycles. The molecule has 0 aliphatic rings. The van der Waals surface area contributed by atoms with Gasteiger partial charge in [0.2, 0.25) is 0 Å². The van der Waals surface area contributed by atoms with Gasteiger partial charge in [-0.15, -0.1) is 0 Å². The van der Waals surface area contributed by atoms with Crippen LogP contribution in [-0.2, 0) is 0 Å². The summed E-state index contributed by atoms with van der Waals surface area (Å²) in [5, 5.41) is 8.81. The van der Waals surface area contributed by atoms with Gasteiger partial charge in [0, 0.05) is 22.7 Å². The van der Waals surface area contributed by atoms with Crippen molar-refractivity contribution in [1.29, 1.82) is 0 Å². The van der Waals surface area contributed by atoms with E-state index in [2.05, 4.69) is 25.1 Å². The number of fused-ring (bicyclic) bond motifs is 1. The summed E-state index contributed by atoms with van der Waals surface area (Å²) in [7, 11) is 0. The van der Waals surface area contributed by atoms with E-state index < -0.39 is 0 Å². The zero-order chi connectivity index (χ0) is 13.2. The fourth-order valence-corrected chi connectivity index (χ4v) is 1.88. The molecule has 19 heavy (non-hydrogen) atoms. The highest BCUT2D eigenvalue weighted by molar-refractivity contribution is 5.81. The quantitative estimate of drug-likeness (QED) is 0.398. The summed E-state index contributed by atoms with van der Waals surface area (Å²) in [6, 6.07) is 5.99. The Hall–Kier alpha value is -2.92. The highest BCUT2D eigenvalue weighted by atomic mass is 15.3. The Morgan fingerprint density at radius 1 is 1.26 bits per heavy atom. The summed E-state index contributed by atoms with van der Waals surface area (Å²) >= 11 is 0. The highest BCUT2D eigenvalue weighted by Crippen LogP contribution is 2.23. The minimum absolute atomic E-state index is 0.205. The molecule has 0 aliphatic carbocycles. The molecule has 0 unspecified atom stereocenters. The largest absolute Gasteiger partial charge is 0.249 e. The van der Waals surface area contributed by atoms with Crippen LogP contribution in [0.15, 0.2) is 41.9 Å². The predicted octanol–water partition coefficient (Wildman–Crippen LogP) is 3.07. The first-order chi connectivity index (χ1) is 9.29. The lowest BCUT2D eigenvalue weighted by molar-refractivity contribution is 0.863.